The third kappa shape index (κ3) is 3.82. The lowest BCUT2D eigenvalue weighted by atomic mass is 10.0. The van der Waals surface area contributed by atoms with Gasteiger partial charge in [-0.05, 0) is 50.5 Å². The van der Waals surface area contributed by atoms with Crippen LogP contribution in [0, 0.1) is 11.3 Å². The van der Waals surface area contributed by atoms with Crippen molar-refractivity contribution in [1.82, 2.24) is 4.90 Å². The fourth-order valence-corrected chi connectivity index (χ4v) is 2.54. The van der Waals surface area contributed by atoms with E-state index < -0.39 is 0 Å². The fourth-order valence-electron chi connectivity index (χ4n) is 2.54. The van der Waals surface area contributed by atoms with E-state index in [0.717, 1.165) is 19.4 Å². The number of carbonyl (C=O) groups excluding carboxylic acids is 2. The number of benzene rings is 1. The summed E-state index contributed by atoms with van der Waals surface area (Å²) in [5.74, 6) is -0.307. The molecule has 1 atom stereocenters. The zero-order chi connectivity index (χ0) is 15.2. The van der Waals surface area contributed by atoms with Crippen molar-refractivity contribution in [2.45, 2.75) is 38.6 Å². The Labute approximate surface area is 124 Å². The highest BCUT2D eigenvalue weighted by atomic mass is 16.2. The lowest BCUT2D eigenvalue weighted by Gasteiger charge is -2.33. The molecule has 110 valence electrons. The van der Waals surface area contributed by atoms with Gasteiger partial charge in [-0.2, -0.15) is 5.26 Å². The van der Waals surface area contributed by atoms with Crippen LogP contribution in [0.25, 0.3) is 0 Å². The Kier molecular flexibility index (Phi) is 4.94. The maximum absolute atomic E-state index is 12.4. The maximum atomic E-state index is 12.4. The second-order valence-electron chi connectivity index (χ2n) is 5.30. The molecular formula is C16H19N3O2. The van der Waals surface area contributed by atoms with Crippen molar-refractivity contribution in [3.63, 3.8) is 0 Å². The van der Waals surface area contributed by atoms with Gasteiger partial charge in [0.25, 0.3) is 5.91 Å². The average Bonchev–Trinajstić information content (AvgIpc) is 2.48. The molecular weight excluding hydrogens is 266 g/mol. The molecule has 0 spiro atoms. The van der Waals surface area contributed by atoms with E-state index in [1.165, 1.54) is 6.42 Å². The predicted molar refractivity (Wildman–Crippen MR) is 79.7 cm³/mol. The molecule has 0 radical (unpaired) electrons. The number of nitrogens with zero attached hydrogens (tertiary/aromatic N) is 2. The lowest BCUT2D eigenvalue weighted by molar-refractivity contribution is -0.115. The third-order valence-electron chi connectivity index (χ3n) is 3.72. The third-order valence-corrected chi connectivity index (χ3v) is 3.72. The summed E-state index contributed by atoms with van der Waals surface area (Å²) in [6, 6.07) is 8.88. The van der Waals surface area contributed by atoms with Crippen LogP contribution in [-0.4, -0.2) is 29.3 Å². The molecule has 1 aromatic carbocycles. The number of nitriles is 1. The number of hydrogen-bond donors (Lipinski definition) is 1. The molecule has 1 N–H and O–H groups in total. The topological polar surface area (TPSA) is 73.2 Å². The number of anilines is 1. The Morgan fingerprint density at radius 1 is 1.33 bits per heavy atom. The number of rotatable bonds is 3. The number of carbonyl (C=O) groups is 2. The molecule has 21 heavy (non-hydrogen) atoms. The molecule has 1 aromatic rings. The Bertz CT molecular complexity index is 560. The molecule has 1 aliphatic heterocycles. The normalized spacial score (nSPS) is 17.9. The molecule has 5 nitrogen and oxygen atoms in total. The van der Waals surface area contributed by atoms with Gasteiger partial charge in [-0.1, -0.05) is 0 Å². The summed E-state index contributed by atoms with van der Waals surface area (Å²) >= 11 is 0. The lowest BCUT2D eigenvalue weighted by Crippen LogP contribution is -2.42. The van der Waals surface area contributed by atoms with Gasteiger partial charge in [-0.15, -0.1) is 0 Å². The van der Waals surface area contributed by atoms with E-state index in [-0.39, 0.29) is 24.3 Å². The van der Waals surface area contributed by atoms with Crippen molar-refractivity contribution in [3.8, 4) is 6.07 Å². The summed E-state index contributed by atoms with van der Waals surface area (Å²) in [6.07, 6.45) is 3.10. The second-order valence-corrected chi connectivity index (χ2v) is 5.30. The number of likely N-dealkylation sites (tertiary alicyclic amines) is 1. The van der Waals surface area contributed by atoms with Gasteiger partial charge in [0.05, 0.1) is 6.07 Å². The van der Waals surface area contributed by atoms with Gasteiger partial charge in [0, 0.05) is 23.8 Å². The first-order valence-corrected chi connectivity index (χ1v) is 7.19. The zero-order valence-corrected chi connectivity index (χ0v) is 12.1. The van der Waals surface area contributed by atoms with Crippen LogP contribution in [0.15, 0.2) is 24.3 Å². The monoisotopic (exact) mass is 285 g/mol. The summed E-state index contributed by atoms with van der Waals surface area (Å²) in [5.41, 5.74) is 1.22. The molecule has 1 unspecified atom stereocenters. The number of nitrogens with one attached hydrogen (secondary N) is 1. The van der Waals surface area contributed by atoms with E-state index in [9.17, 15) is 9.59 Å². The van der Waals surface area contributed by atoms with Gasteiger partial charge in [0.15, 0.2) is 0 Å². The van der Waals surface area contributed by atoms with Crippen molar-refractivity contribution < 1.29 is 9.59 Å². The molecule has 1 heterocycles. The second kappa shape index (κ2) is 6.89. The molecule has 2 amide bonds. The molecule has 0 saturated carbocycles. The van der Waals surface area contributed by atoms with Crippen LogP contribution in [0.2, 0.25) is 0 Å². The van der Waals surface area contributed by atoms with Crippen molar-refractivity contribution in [1.29, 1.82) is 5.26 Å². The first kappa shape index (κ1) is 15.0. The highest BCUT2D eigenvalue weighted by Gasteiger charge is 2.23. The molecule has 0 bridgehead atoms. The van der Waals surface area contributed by atoms with Gasteiger partial charge >= 0.3 is 0 Å². The van der Waals surface area contributed by atoms with Crippen molar-refractivity contribution in [2.75, 3.05) is 11.9 Å². The molecule has 1 aliphatic rings. The summed E-state index contributed by atoms with van der Waals surface area (Å²) < 4.78 is 0. The van der Waals surface area contributed by atoms with Crippen molar-refractivity contribution >= 4 is 17.5 Å². The van der Waals surface area contributed by atoms with Crippen molar-refractivity contribution in [3.05, 3.63) is 29.8 Å². The van der Waals surface area contributed by atoms with Crippen LogP contribution in [0.3, 0.4) is 0 Å². The molecule has 1 fully saturated rings. The van der Waals surface area contributed by atoms with Gasteiger partial charge < -0.3 is 10.2 Å². The van der Waals surface area contributed by atoms with Gasteiger partial charge in [0.2, 0.25) is 5.91 Å². The molecule has 5 heteroatoms. The quantitative estimate of drug-likeness (QED) is 0.927. The minimum Gasteiger partial charge on any atom is -0.336 e. The van der Waals surface area contributed by atoms with Gasteiger partial charge in [-0.3, -0.25) is 9.59 Å². The van der Waals surface area contributed by atoms with Gasteiger partial charge in [0.1, 0.15) is 6.42 Å². The molecule has 0 aromatic heterocycles. The number of amides is 2. The summed E-state index contributed by atoms with van der Waals surface area (Å²) in [5, 5.41) is 11.1. The predicted octanol–water partition coefficient (Wildman–Crippen LogP) is 2.55. The van der Waals surface area contributed by atoms with Crippen LogP contribution in [0.5, 0.6) is 0 Å². The Morgan fingerprint density at radius 3 is 2.67 bits per heavy atom. The van der Waals surface area contributed by atoms with Crippen LogP contribution in [0.1, 0.15) is 43.0 Å². The Balaban J connectivity index is 2.03. The number of piperidine rings is 1. The summed E-state index contributed by atoms with van der Waals surface area (Å²) in [7, 11) is 0. The first-order chi connectivity index (χ1) is 10.1. The highest BCUT2D eigenvalue weighted by Crippen LogP contribution is 2.20. The maximum Gasteiger partial charge on any atom is 0.254 e. The average molecular weight is 285 g/mol. The number of hydrogen-bond acceptors (Lipinski definition) is 3. The Morgan fingerprint density at radius 2 is 2.05 bits per heavy atom. The van der Waals surface area contributed by atoms with Crippen LogP contribution in [0.4, 0.5) is 5.69 Å². The van der Waals surface area contributed by atoms with Crippen LogP contribution in [-0.2, 0) is 4.79 Å². The van der Waals surface area contributed by atoms with Crippen LogP contribution < -0.4 is 5.32 Å². The zero-order valence-electron chi connectivity index (χ0n) is 12.1. The fraction of sp³-hybridized carbons (Fsp3) is 0.438. The minimum absolute atomic E-state index is 0.0390. The summed E-state index contributed by atoms with van der Waals surface area (Å²) in [6.45, 7) is 2.88. The first-order valence-electron chi connectivity index (χ1n) is 7.19. The summed E-state index contributed by atoms with van der Waals surface area (Å²) in [4.78, 5) is 25.7. The Hall–Kier alpha value is -2.35. The van der Waals surface area contributed by atoms with E-state index in [0.29, 0.717) is 11.3 Å². The van der Waals surface area contributed by atoms with E-state index in [4.69, 9.17) is 5.26 Å². The minimum atomic E-state index is -0.346. The van der Waals surface area contributed by atoms with E-state index in [2.05, 4.69) is 12.2 Å². The SMILES string of the molecule is CC1CCCCN1C(=O)c1ccc(NC(=O)CC#N)cc1. The van der Waals surface area contributed by atoms with E-state index >= 15 is 0 Å². The molecule has 0 aliphatic carbocycles. The standard InChI is InChI=1S/C16H19N3O2/c1-12-4-2-3-11-19(12)16(21)13-5-7-14(8-6-13)18-15(20)9-10-17/h5-8,12H,2-4,9,11H2,1H3,(H,18,20). The molecule has 1 saturated heterocycles. The van der Waals surface area contributed by atoms with E-state index in [1.807, 2.05) is 4.90 Å². The largest absolute Gasteiger partial charge is 0.336 e. The van der Waals surface area contributed by atoms with Gasteiger partial charge in [-0.25, -0.2) is 0 Å². The van der Waals surface area contributed by atoms with Crippen LogP contribution >= 0.6 is 0 Å². The highest BCUT2D eigenvalue weighted by molar-refractivity contribution is 5.96. The molecule has 2 rings (SSSR count). The smallest absolute Gasteiger partial charge is 0.254 e. The van der Waals surface area contributed by atoms with Crippen molar-refractivity contribution in [2.24, 2.45) is 0 Å². The van der Waals surface area contributed by atoms with E-state index in [1.54, 1.807) is 30.3 Å².